The van der Waals surface area contributed by atoms with Crippen molar-refractivity contribution in [2.45, 2.75) is 18.8 Å². The summed E-state index contributed by atoms with van der Waals surface area (Å²) in [6.07, 6.45) is -10.6. The Balaban J connectivity index is 0.000000421. The van der Waals surface area contributed by atoms with Crippen molar-refractivity contribution in [2.75, 3.05) is 37.6 Å². The number of carboxylic acids is 2. The molecule has 21 heteroatoms. The molecule has 0 radical (unpaired) electrons. The molecule has 3 aromatic rings. The van der Waals surface area contributed by atoms with Crippen molar-refractivity contribution in [3.8, 4) is 17.1 Å². The van der Waals surface area contributed by atoms with Gasteiger partial charge in [-0.3, -0.25) is 0 Å². The van der Waals surface area contributed by atoms with Gasteiger partial charge in [-0.1, -0.05) is 6.07 Å². The van der Waals surface area contributed by atoms with Gasteiger partial charge in [0, 0.05) is 56.5 Å². The molecule has 1 saturated heterocycles. The number of alkyl halides is 6. The lowest BCUT2D eigenvalue weighted by Crippen LogP contribution is -2.43. The first-order valence-corrected chi connectivity index (χ1v) is 12.3. The van der Waals surface area contributed by atoms with E-state index >= 15 is 0 Å². The quantitative estimate of drug-likeness (QED) is 0.245. The maximum absolute atomic E-state index is 13.0. The van der Waals surface area contributed by atoms with Gasteiger partial charge < -0.3 is 26.2 Å². The predicted molar refractivity (Wildman–Crippen MR) is 140 cm³/mol. The van der Waals surface area contributed by atoms with Crippen LogP contribution in [0.5, 0.6) is 0 Å². The summed E-state index contributed by atoms with van der Waals surface area (Å²) in [5.74, 6) is -4.24. The third-order valence-electron chi connectivity index (χ3n) is 5.56. The highest BCUT2D eigenvalue weighted by Gasteiger charge is 2.38. The van der Waals surface area contributed by atoms with Crippen molar-refractivity contribution in [3.63, 3.8) is 0 Å². The molecular formula is C24H24F8N8O5. The van der Waals surface area contributed by atoms with Gasteiger partial charge in [0.15, 0.2) is 0 Å². The van der Waals surface area contributed by atoms with Crippen molar-refractivity contribution in [1.82, 2.24) is 30.0 Å². The molecule has 0 atom stereocenters. The number of nitrogens with one attached hydrogen (secondary N) is 2. The number of hydrogen-bond acceptors (Lipinski definition) is 9. The highest BCUT2D eigenvalue weighted by atomic mass is 19.4. The summed E-state index contributed by atoms with van der Waals surface area (Å²) in [6, 6.07) is 9.00. The number of carbonyl (C=O) groups is 2. The van der Waals surface area contributed by atoms with E-state index in [0.29, 0.717) is 5.69 Å². The molecule has 4 rings (SSSR count). The van der Waals surface area contributed by atoms with Gasteiger partial charge in [0.25, 0.3) is 6.08 Å². The first kappa shape index (κ1) is 36.3. The molecule has 3 aromatic heterocycles. The molecule has 0 bridgehead atoms. The molecule has 0 aliphatic carbocycles. The van der Waals surface area contributed by atoms with E-state index < -0.39 is 36.1 Å². The third-order valence-corrected chi connectivity index (χ3v) is 5.56. The van der Waals surface area contributed by atoms with Crippen LogP contribution in [0.2, 0.25) is 0 Å². The first-order valence-electron chi connectivity index (χ1n) is 12.3. The number of aliphatic carboxylic acids is 2. The second-order valence-corrected chi connectivity index (χ2v) is 8.65. The minimum atomic E-state index is -5.08. The fourth-order valence-corrected chi connectivity index (χ4v) is 3.42. The Labute approximate surface area is 247 Å². The molecule has 0 aromatic carbocycles. The average molecular weight is 656 g/mol. The number of rotatable bonds is 6. The Hall–Kier alpha value is -4.92. The largest absolute Gasteiger partial charge is 0.490 e. The van der Waals surface area contributed by atoms with Crippen molar-refractivity contribution >= 4 is 17.8 Å². The lowest BCUT2D eigenvalue weighted by Gasteiger charge is -2.28. The van der Waals surface area contributed by atoms with Crippen molar-refractivity contribution < 1.29 is 54.9 Å². The van der Waals surface area contributed by atoms with Gasteiger partial charge in [0.2, 0.25) is 0 Å². The third kappa shape index (κ3) is 10.9. The lowest BCUT2D eigenvalue weighted by molar-refractivity contribution is -0.193. The highest BCUT2D eigenvalue weighted by molar-refractivity contribution is 5.73. The Morgan fingerprint density at radius 2 is 1.51 bits per heavy atom. The van der Waals surface area contributed by atoms with E-state index in [1.54, 1.807) is 24.4 Å². The summed E-state index contributed by atoms with van der Waals surface area (Å²) >= 11 is 0. The number of hydrogen-bond donors (Lipinski definition) is 5. The molecule has 6 N–H and O–H groups in total. The summed E-state index contributed by atoms with van der Waals surface area (Å²) in [5, 5.41) is 23.7. The van der Waals surface area contributed by atoms with Crippen molar-refractivity contribution in [1.29, 1.82) is 0 Å². The number of nitrogens with zero attached hydrogens (tertiary/aromatic N) is 5. The summed E-state index contributed by atoms with van der Waals surface area (Å²) in [5.41, 5.74) is 5.91. The van der Waals surface area contributed by atoms with Crippen LogP contribution in [0.15, 0.2) is 53.0 Å². The zero-order valence-electron chi connectivity index (χ0n) is 22.7. The van der Waals surface area contributed by atoms with Crippen LogP contribution in [-0.2, 0) is 16.0 Å². The zero-order valence-corrected chi connectivity index (χ0v) is 22.7. The van der Waals surface area contributed by atoms with E-state index in [4.69, 9.17) is 25.5 Å². The number of carboxylic acid groups (broad SMARTS) is 2. The SMILES string of the molecule is NCC(Cc1n[nH]c(=O)n1-c1cccc(-c2ccc(N3CCNCC3)nc2)n1)=C(F)F.O=C(O)C(F)(F)F.O=C(O)C(F)(F)F. The van der Waals surface area contributed by atoms with Gasteiger partial charge in [-0.15, -0.1) is 0 Å². The highest BCUT2D eigenvalue weighted by Crippen LogP contribution is 2.21. The topological polar surface area (TPSA) is 192 Å². The smallest absolute Gasteiger partial charge is 0.475 e. The maximum atomic E-state index is 13.0. The van der Waals surface area contributed by atoms with E-state index in [1.807, 2.05) is 12.1 Å². The molecule has 1 aliphatic rings. The number of pyridine rings is 2. The predicted octanol–water partition coefficient (Wildman–Crippen LogP) is 2.35. The monoisotopic (exact) mass is 656 g/mol. The van der Waals surface area contributed by atoms with E-state index in [-0.39, 0.29) is 30.2 Å². The molecule has 0 unspecified atom stereocenters. The van der Waals surface area contributed by atoms with Gasteiger partial charge >= 0.3 is 30.0 Å². The molecule has 0 spiro atoms. The van der Waals surface area contributed by atoms with Crippen LogP contribution in [0.3, 0.4) is 0 Å². The normalized spacial score (nSPS) is 13.1. The lowest BCUT2D eigenvalue weighted by atomic mass is 10.2. The van der Waals surface area contributed by atoms with E-state index in [9.17, 15) is 39.9 Å². The summed E-state index contributed by atoms with van der Waals surface area (Å²) in [4.78, 5) is 41.4. The number of piperazine rings is 1. The van der Waals surface area contributed by atoms with Crippen LogP contribution < -0.4 is 21.6 Å². The van der Waals surface area contributed by atoms with Gasteiger partial charge in [0.1, 0.15) is 17.5 Å². The molecule has 4 heterocycles. The second-order valence-electron chi connectivity index (χ2n) is 8.65. The second kappa shape index (κ2) is 15.7. The fraction of sp³-hybridized carbons (Fsp3) is 0.333. The average Bonchev–Trinajstić information content (AvgIpc) is 3.35. The fourth-order valence-electron chi connectivity index (χ4n) is 3.42. The van der Waals surface area contributed by atoms with Crippen LogP contribution in [0, 0.1) is 0 Å². The van der Waals surface area contributed by atoms with Crippen LogP contribution in [-0.4, -0.2) is 92.0 Å². The molecule has 1 aliphatic heterocycles. The van der Waals surface area contributed by atoms with Crippen molar-refractivity contribution in [2.24, 2.45) is 5.73 Å². The number of aromatic amines is 1. The molecule has 0 saturated carbocycles. The number of anilines is 1. The minimum Gasteiger partial charge on any atom is -0.475 e. The Morgan fingerprint density at radius 1 is 0.933 bits per heavy atom. The van der Waals surface area contributed by atoms with Gasteiger partial charge in [0.05, 0.1) is 5.69 Å². The van der Waals surface area contributed by atoms with Gasteiger partial charge in [-0.25, -0.2) is 34.0 Å². The van der Waals surface area contributed by atoms with E-state index in [0.717, 1.165) is 37.6 Å². The first-order chi connectivity index (χ1) is 20.9. The number of H-pyrrole nitrogens is 1. The minimum absolute atomic E-state index is 0.107. The standard InChI is InChI=1S/C20H22F2N8O.2C2HF3O2/c21-19(22)14(11-23)10-18-27-28-20(31)30(18)17-3-1-2-15(26-17)13-4-5-16(25-12-13)29-8-6-24-7-9-29;2*3-2(4,5)1(6)7/h1-5,12,24H,6-11,23H2,(H,28,31);2*(H,6,7). The summed E-state index contributed by atoms with van der Waals surface area (Å²) in [7, 11) is 0. The van der Waals surface area contributed by atoms with Gasteiger partial charge in [-0.2, -0.15) is 40.2 Å². The van der Waals surface area contributed by atoms with Gasteiger partial charge in [-0.05, 0) is 24.3 Å². The van der Waals surface area contributed by atoms with Crippen molar-refractivity contribution in [3.05, 3.63) is 64.5 Å². The summed E-state index contributed by atoms with van der Waals surface area (Å²) in [6.45, 7) is 3.29. The molecular weight excluding hydrogens is 632 g/mol. The molecule has 1 fully saturated rings. The molecule has 13 nitrogen and oxygen atoms in total. The van der Waals surface area contributed by atoms with Crippen LogP contribution >= 0.6 is 0 Å². The molecule has 246 valence electrons. The Morgan fingerprint density at radius 3 is 1.98 bits per heavy atom. The summed E-state index contributed by atoms with van der Waals surface area (Å²) < 4.78 is 90.7. The van der Waals surface area contributed by atoms with E-state index in [2.05, 4.69) is 30.4 Å². The molecule has 45 heavy (non-hydrogen) atoms. The van der Waals surface area contributed by atoms with Crippen LogP contribution in [0.1, 0.15) is 5.82 Å². The number of halogens is 8. The Kier molecular flexibility index (Phi) is 12.7. The van der Waals surface area contributed by atoms with Crippen LogP contribution in [0.25, 0.3) is 17.1 Å². The number of nitrogens with two attached hydrogens (primary N) is 1. The molecule has 0 amide bonds. The maximum Gasteiger partial charge on any atom is 0.490 e. The van der Waals surface area contributed by atoms with Crippen LogP contribution in [0.4, 0.5) is 40.9 Å². The Bertz CT molecular complexity index is 1500. The zero-order chi connectivity index (χ0) is 33.9. The number of aromatic nitrogens is 5. The van der Waals surface area contributed by atoms with E-state index in [1.165, 1.54) is 4.57 Å².